The van der Waals surface area contributed by atoms with E-state index in [2.05, 4.69) is 11.1 Å². The summed E-state index contributed by atoms with van der Waals surface area (Å²) in [6, 6.07) is 8.43. The Balaban J connectivity index is 2.35. The van der Waals surface area contributed by atoms with Crippen molar-refractivity contribution in [1.29, 1.82) is 5.26 Å². The molecule has 2 aromatic carbocycles. The van der Waals surface area contributed by atoms with Gasteiger partial charge < -0.3 is 0 Å². The van der Waals surface area contributed by atoms with Crippen molar-refractivity contribution in [2.45, 2.75) is 0 Å². The smallest absolute Gasteiger partial charge is 0.101 e. The number of hydrogen-bond donors (Lipinski definition) is 0. The Morgan fingerprint density at radius 3 is 1.46 bits per heavy atom. The topological polar surface area (TPSA) is 36.7 Å². The standard InChI is InChI=1S/C18H6Cl6N2/c19-8-1-10(17(23)15(21)3-8)13-6-26-7-14(12(13)5-25)11-2-9(20)4-16(22)18(11)24/h1-4,6-7H. The lowest BCUT2D eigenvalue weighted by atomic mass is 9.95. The molecule has 0 spiro atoms. The second-order valence-electron chi connectivity index (χ2n) is 5.22. The highest BCUT2D eigenvalue weighted by molar-refractivity contribution is 6.46. The number of halogens is 6. The molecule has 3 aromatic rings. The van der Waals surface area contributed by atoms with Crippen molar-refractivity contribution in [1.82, 2.24) is 4.98 Å². The van der Waals surface area contributed by atoms with Gasteiger partial charge in [-0.3, -0.25) is 4.98 Å². The van der Waals surface area contributed by atoms with Crippen molar-refractivity contribution < 1.29 is 0 Å². The van der Waals surface area contributed by atoms with E-state index in [1.165, 1.54) is 24.5 Å². The molecule has 0 amide bonds. The van der Waals surface area contributed by atoms with E-state index in [0.717, 1.165) is 0 Å². The zero-order valence-electron chi connectivity index (χ0n) is 12.6. The van der Waals surface area contributed by atoms with Crippen molar-refractivity contribution in [2.75, 3.05) is 0 Å². The number of hydrogen-bond acceptors (Lipinski definition) is 2. The molecular weight excluding hydrogens is 457 g/mol. The Labute approximate surface area is 179 Å². The fourth-order valence-electron chi connectivity index (χ4n) is 2.49. The zero-order chi connectivity index (χ0) is 19.0. The monoisotopic (exact) mass is 460 g/mol. The first-order chi connectivity index (χ1) is 12.3. The molecule has 1 aromatic heterocycles. The third-order valence-electron chi connectivity index (χ3n) is 3.62. The Bertz CT molecular complexity index is 997. The summed E-state index contributed by atoms with van der Waals surface area (Å²) in [5.74, 6) is 0. The van der Waals surface area contributed by atoms with E-state index in [1.54, 1.807) is 12.1 Å². The SMILES string of the molecule is N#Cc1c(-c2cc(Cl)cc(Cl)c2Cl)cncc1-c1cc(Cl)cc(Cl)c1Cl. The summed E-state index contributed by atoms with van der Waals surface area (Å²) in [6.07, 6.45) is 3.02. The lowest BCUT2D eigenvalue weighted by Gasteiger charge is -2.13. The molecule has 130 valence electrons. The predicted molar refractivity (Wildman–Crippen MR) is 110 cm³/mol. The largest absolute Gasteiger partial charge is 0.263 e. The minimum absolute atomic E-state index is 0.266. The summed E-state index contributed by atoms with van der Waals surface area (Å²) in [5, 5.41) is 11.6. The van der Waals surface area contributed by atoms with E-state index in [4.69, 9.17) is 69.6 Å². The van der Waals surface area contributed by atoms with Gasteiger partial charge in [0.2, 0.25) is 0 Å². The van der Waals surface area contributed by atoms with E-state index in [9.17, 15) is 5.26 Å². The first-order valence-electron chi connectivity index (χ1n) is 7.01. The summed E-state index contributed by atoms with van der Waals surface area (Å²) in [5.41, 5.74) is 2.19. The van der Waals surface area contributed by atoms with Crippen molar-refractivity contribution in [3.63, 3.8) is 0 Å². The van der Waals surface area contributed by atoms with Gasteiger partial charge in [0.15, 0.2) is 0 Å². The summed E-state index contributed by atoms with van der Waals surface area (Å²) in [7, 11) is 0. The highest BCUT2D eigenvalue weighted by Crippen LogP contribution is 2.42. The van der Waals surface area contributed by atoms with Crippen LogP contribution < -0.4 is 0 Å². The number of pyridine rings is 1. The molecule has 0 fully saturated rings. The molecule has 0 aliphatic heterocycles. The molecule has 0 bridgehead atoms. The van der Waals surface area contributed by atoms with Crippen molar-refractivity contribution in [2.24, 2.45) is 0 Å². The van der Waals surface area contributed by atoms with Gasteiger partial charge in [-0.1, -0.05) is 69.6 Å². The van der Waals surface area contributed by atoms with Crippen LogP contribution in [0.4, 0.5) is 0 Å². The van der Waals surface area contributed by atoms with Gasteiger partial charge in [-0.05, 0) is 24.3 Å². The molecular formula is C18H6Cl6N2. The third kappa shape index (κ3) is 3.62. The van der Waals surface area contributed by atoms with Crippen LogP contribution in [0.15, 0.2) is 36.7 Å². The van der Waals surface area contributed by atoms with Gasteiger partial charge in [-0.25, -0.2) is 0 Å². The van der Waals surface area contributed by atoms with Crippen LogP contribution in [-0.2, 0) is 0 Å². The highest BCUT2D eigenvalue weighted by atomic mass is 35.5. The summed E-state index contributed by atoms with van der Waals surface area (Å²) in [6.45, 7) is 0. The van der Waals surface area contributed by atoms with Gasteiger partial charge in [0.25, 0.3) is 0 Å². The molecule has 0 aliphatic rings. The number of nitrogens with zero attached hydrogens (tertiary/aromatic N) is 2. The van der Waals surface area contributed by atoms with Crippen LogP contribution in [0.3, 0.4) is 0 Å². The zero-order valence-corrected chi connectivity index (χ0v) is 17.2. The van der Waals surface area contributed by atoms with Gasteiger partial charge in [0.1, 0.15) is 6.07 Å². The maximum absolute atomic E-state index is 9.79. The minimum atomic E-state index is 0.266. The molecule has 0 saturated carbocycles. The van der Waals surface area contributed by atoms with E-state index in [0.29, 0.717) is 37.9 Å². The lowest BCUT2D eigenvalue weighted by molar-refractivity contribution is 1.31. The number of nitriles is 1. The molecule has 2 nitrogen and oxygen atoms in total. The number of benzene rings is 2. The summed E-state index contributed by atoms with van der Waals surface area (Å²) < 4.78 is 0. The number of aromatic nitrogens is 1. The molecule has 0 N–H and O–H groups in total. The minimum Gasteiger partial charge on any atom is -0.263 e. The fraction of sp³-hybridized carbons (Fsp3) is 0. The molecule has 0 radical (unpaired) electrons. The van der Waals surface area contributed by atoms with Crippen LogP contribution in [0, 0.1) is 11.3 Å². The molecule has 0 unspecified atom stereocenters. The van der Waals surface area contributed by atoms with Crippen molar-refractivity contribution in [3.05, 3.63) is 72.4 Å². The fourth-order valence-corrected chi connectivity index (χ4v) is 3.90. The average molecular weight is 463 g/mol. The van der Waals surface area contributed by atoms with Crippen molar-refractivity contribution >= 4 is 69.6 Å². The van der Waals surface area contributed by atoms with E-state index >= 15 is 0 Å². The van der Waals surface area contributed by atoms with Gasteiger partial charge >= 0.3 is 0 Å². The highest BCUT2D eigenvalue weighted by Gasteiger charge is 2.19. The Morgan fingerprint density at radius 1 is 0.654 bits per heavy atom. The van der Waals surface area contributed by atoms with Crippen LogP contribution in [-0.4, -0.2) is 4.98 Å². The molecule has 8 heteroatoms. The Hall–Kier alpha value is -1.18. The van der Waals surface area contributed by atoms with E-state index < -0.39 is 0 Å². The van der Waals surface area contributed by atoms with Gasteiger partial charge in [-0.15, -0.1) is 0 Å². The van der Waals surface area contributed by atoms with Crippen molar-refractivity contribution in [3.8, 4) is 28.3 Å². The molecule has 1 heterocycles. The second kappa shape index (κ2) is 7.82. The first kappa shape index (κ1) is 19.6. The quantitative estimate of drug-likeness (QED) is 0.360. The predicted octanol–water partition coefficient (Wildman–Crippen LogP) is 8.21. The average Bonchev–Trinajstić information content (AvgIpc) is 2.60. The van der Waals surface area contributed by atoms with Gasteiger partial charge in [0.05, 0.1) is 25.7 Å². The molecule has 26 heavy (non-hydrogen) atoms. The van der Waals surface area contributed by atoms with Crippen LogP contribution in [0.2, 0.25) is 30.1 Å². The first-order valence-corrected chi connectivity index (χ1v) is 9.28. The Morgan fingerprint density at radius 2 is 1.08 bits per heavy atom. The van der Waals surface area contributed by atoms with Crippen LogP contribution in [0.1, 0.15) is 5.56 Å². The second-order valence-corrected chi connectivity index (χ2v) is 7.66. The summed E-state index contributed by atoms with van der Waals surface area (Å²) >= 11 is 37.0. The van der Waals surface area contributed by atoms with Gasteiger partial charge in [-0.2, -0.15) is 5.26 Å². The molecule has 0 aliphatic carbocycles. The molecule has 0 atom stereocenters. The van der Waals surface area contributed by atoms with Crippen LogP contribution in [0.5, 0.6) is 0 Å². The third-order valence-corrected chi connectivity index (χ3v) is 5.66. The van der Waals surface area contributed by atoms with Gasteiger partial charge in [0, 0.05) is 44.7 Å². The maximum atomic E-state index is 9.79. The maximum Gasteiger partial charge on any atom is 0.101 e. The van der Waals surface area contributed by atoms with E-state index in [-0.39, 0.29) is 20.1 Å². The van der Waals surface area contributed by atoms with Crippen LogP contribution >= 0.6 is 69.6 Å². The summed E-state index contributed by atoms with van der Waals surface area (Å²) in [4.78, 5) is 4.21. The molecule has 3 rings (SSSR count). The Kier molecular flexibility index (Phi) is 5.89. The normalized spacial score (nSPS) is 10.7. The lowest BCUT2D eigenvalue weighted by Crippen LogP contribution is -1.94. The number of rotatable bonds is 2. The van der Waals surface area contributed by atoms with E-state index in [1.807, 2.05) is 0 Å². The molecule has 0 saturated heterocycles. The van der Waals surface area contributed by atoms with Crippen LogP contribution in [0.25, 0.3) is 22.3 Å².